The number of nitrogens with one attached hydrogen (secondary N) is 2. The molecular weight excluding hydrogens is 304 g/mol. The molecule has 90 valence electrons. The van der Waals surface area contributed by atoms with Crippen LogP contribution < -0.4 is 5.32 Å². The molecule has 1 atom stereocenters. The molecule has 2 N–H and O–H groups in total. The van der Waals surface area contributed by atoms with E-state index in [4.69, 9.17) is 11.6 Å². The van der Waals surface area contributed by atoms with Gasteiger partial charge in [0.2, 0.25) is 0 Å². The number of aromatic nitrogens is 3. The minimum atomic E-state index is 0.0798. The summed E-state index contributed by atoms with van der Waals surface area (Å²) < 4.78 is 0.979. The van der Waals surface area contributed by atoms with Crippen LogP contribution in [-0.4, -0.2) is 22.2 Å². The Hall–Kier alpha value is -0.910. The molecular formula is C11H12BrClN4. The third-order valence-electron chi connectivity index (χ3n) is 2.55. The van der Waals surface area contributed by atoms with Crippen LogP contribution in [0, 0.1) is 0 Å². The van der Waals surface area contributed by atoms with Crippen molar-refractivity contribution >= 4 is 27.5 Å². The highest BCUT2D eigenvalue weighted by atomic mass is 79.9. The van der Waals surface area contributed by atoms with E-state index >= 15 is 0 Å². The molecule has 0 spiro atoms. The van der Waals surface area contributed by atoms with Gasteiger partial charge in [-0.3, -0.25) is 5.10 Å². The fraction of sp³-hybridized carbons (Fsp3) is 0.273. The molecule has 0 amide bonds. The van der Waals surface area contributed by atoms with Crippen LogP contribution in [0.25, 0.3) is 0 Å². The summed E-state index contributed by atoms with van der Waals surface area (Å²) >= 11 is 9.58. The quantitative estimate of drug-likeness (QED) is 0.912. The van der Waals surface area contributed by atoms with Gasteiger partial charge in [0.05, 0.1) is 6.04 Å². The molecule has 0 bridgehead atoms. The highest BCUT2D eigenvalue weighted by molar-refractivity contribution is 9.10. The molecule has 6 heteroatoms. The molecule has 0 aliphatic rings. The number of nitrogens with zero attached hydrogens (tertiary/aromatic N) is 2. The molecule has 17 heavy (non-hydrogen) atoms. The van der Waals surface area contributed by atoms with Crippen molar-refractivity contribution in [1.29, 1.82) is 0 Å². The summed E-state index contributed by atoms with van der Waals surface area (Å²) in [5.74, 6) is 0.812. The zero-order valence-electron chi connectivity index (χ0n) is 9.24. The van der Waals surface area contributed by atoms with Crippen LogP contribution >= 0.6 is 27.5 Å². The Labute approximate surface area is 113 Å². The molecule has 0 radical (unpaired) electrons. The van der Waals surface area contributed by atoms with Gasteiger partial charge in [0.1, 0.15) is 12.2 Å². The summed E-state index contributed by atoms with van der Waals surface area (Å²) in [6.07, 6.45) is 2.26. The zero-order chi connectivity index (χ0) is 12.3. The fourth-order valence-corrected chi connectivity index (χ4v) is 2.38. The number of hydrogen-bond donors (Lipinski definition) is 2. The lowest BCUT2D eigenvalue weighted by atomic mass is 10.1. The maximum Gasteiger partial charge on any atom is 0.141 e. The molecule has 1 heterocycles. The van der Waals surface area contributed by atoms with E-state index in [9.17, 15) is 0 Å². The second-order valence-electron chi connectivity index (χ2n) is 3.65. The Kier molecular flexibility index (Phi) is 4.15. The Bertz CT molecular complexity index is 486. The number of halogens is 2. The molecule has 0 aliphatic carbocycles. The average molecular weight is 316 g/mol. The van der Waals surface area contributed by atoms with E-state index in [1.807, 2.05) is 25.2 Å². The summed E-state index contributed by atoms with van der Waals surface area (Å²) in [6.45, 7) is 0. The monoisotopic (exact) mass is 314 g/mol. The number of likely N-dealkylation sites (N-methyl/N-ethyl adjacent to an activating group) is 1. The number of H-pyrrole nitrogens is 1. The summed E-state index contributed by atoms with van der Waals surface area (Å²) in [5, 5.41) is 10.7. The van der Waals surface area contributed by atoms with Crippen molar-refractivity contribution in [2.45, 2.75) is 12.5 Å². The van der Waals surface area contributed by atoms with Crippen molar-refractivity contribution < 1.29 is 0 Å². The van der Waals surface area contributed by atoms with Crippen molar-refractivity contribution in [3.05, 3.63) is 45.4 Å². The van der Waals surface area contributed by atoms with Crippen molar-refractivity contribution in [3.63, 3.8) is 0 Å². The molecule has 0 saturated heterocycles. The minimum Gasteiger partial charge on any atom is -0.310 e. The van der Waals surface area contributed by atoms with Gasteiger partial charge >= 0.3 is 0 Å². The molecule has 1 unspecified atom stereocenters. The van der Waals surface area contributed by atoms with Gasteiger partial charge < -0.3 is 5.32 Å². The summed E-state index contributed by atoms with van der Waals surface area (Å²) in [5.41, 5.74) is 1.07. The maximum absolute atomic E-state index is 6.19. The van der Waals surface area contributed by atoms with Crippen molar-refractivity contribution in [2.75, 3.05) is 7.05 Å². The van der Waals surface area contributed by atoms with Gasteiger partial charge in [-0.25, -0.2) is 4.98 Å². The summed E-state index contributed by atoms with van der Waals surface area (Å²) in [7, 11) is 1.89. The van der Waals surface area contributed by atoms with E-state index in [2.05, 4.69) is 36.4 Å². The Balaban J connectivity index is 2.19. The van der Waals surface area contributed by atoms with E-state index in [0.29, 0.717) is 0 Å². The smallest absolute Gasteiger partial charge is 0.141 e. The Morgan fingerprint density at radius 3 is 2.94 bits per heavy atom. The van der Waals surface area contributed by atoms with E-state index in [-0.39, 0.29) is 6.04 Å². The number of benzene rings is 1. The van der Waals surface area contributed by atoms with E-state index in [1.54, 1.807) is 0 Å². The lowest BCUT2D eigenvalue weighted by Crippen LogP contribution is -2.20. The zero-order valence-corrected chi connectivity index (χ0v) is 11.6. The van der Waals surface area contributed by atoms with Crippen molar-refractivity contribution in [1.82, 2.24) is 20.5 Å². The van der Waals surface area contributed by atoms with Gasteiger partial charge in [0, 0.05) is 9.50 Å². The van der Waals surface area contributed by atoms with Crippen LogP contribution in [-0.2, 0) is 6.42 Å². The van der Waals surface area contributed by atoms with Crippen molar-refractivity contribution in [3.8, 4) is 0 Å². The van der Waals surface area contributed by atoms with Crippen LogP contribution in [0.4, 0.5) is 0 Å². The lowest BCUT2D eigenvalue weighted by Gasteiger charge is -2.14. The molecule has 2 aromatic rings. The normalized spacial score (nSPS) is 12.6. The van der Waals surface area contributed by atoms with Crippen molar-refractivity contribution in [2.24, 2.45) is 0 Å². The van der Waals surface area contributed by atoms with Gasteiger partial charge in [-0.2, -0.15) is 5.10 Å². The first kappa shape index (κ1) is 12.5. The van der Waals surface area contributed by atoms with Crippen LogP contribution in [0.5, 0.6) is 0 Å². The highest BCUT2D eigenvalue weighted by Gasteiger charge is 2.14. The first-order chi connectivity index (χ1) is 8.20. The third-order valence-corrected chi connectivity index (χ3v) is 3.40. The Morgan fingerprint density at radius 2 is 2.35 bits per heavy atom. The predicted molar refractivity (Wildman–Crippen MR) is 71.0 cm³/mol. The SMILES string of the molecule is CNC(Cc1ccc(Br)cc1Cl)c1ncn[nH]1. The van der Waals surface area contributed by atoms with Crippen LogP contribution in [0.1, 0.15) is 17.4 Å². The number of rotatable bonds is 4. The molecule has 0 fully saturated rings. The predicted octanol–water partition coefficient (Wildman–Crippen LogP) is 2.72. The second kappa shape index (κ2) is 5.62. The molecule has 4 nitrogen and oxygen atoms in total. The second-order valence-corrected chi connectivity index (χ2v) is 4.97. The number of aromatic amines is 1. The average Bonchev–Trinajstić information content (AvgIpc) is 2.81. The van der Waals surface area contributed by atoms with Crippen LogP contribution in [0.3, 0.4) is 0 Å². The molecule has 1 aromatic carbocycles. The van der Waals surface area contributed by atoms with Gasteiger partial charge in [-0.05, 0) is 31.2 Å². The molecule has 2 rings (SSSR count). The molecule has 0 saturated carbocycles. The largest absolute Gasteiger partial charge is 0.310 e. The topological polar surface area (TPSA) is 53.6 Å². The summed E-state index contributed by atoms with van der Waals surface area (Å²) in [4.78, 5) is 4.15. The standard InChI is InChI=1S/C11H12BrClN4/c1-14-10(11-15-6-16-17-11)4-7-2-3-8(12)5-9(7)13/h2-3,5-6,10,14H,4H2,1H3,(H,15,16,17). The van der Waals surface area contributed by atoms with E-state index in [0.717, 1.165) is 27.3 Å². The summed E-state index contributed by atoms with van der Waals surface area (Å²) in [6, 6.07) is 5.96. The maximum atomic E-state index is 6.19. The van der Waals surface area contributed by atoms with E-state index in [1.165, 1.54) is 6.33 Å². The highest BCUT2D eigenvalue weighted by Crippen LogP contribution is 2.25. The van der Waals surface area contributed by atoms with Crippen LogP contribution in [0.2, 0.25) is 5.02 Å². The minimum absolute atomic E-state index is 0.0798. The van der Waals surface area contributed by atoms with Gasteiger partial charge in [-0.1, -0.05) is 33.6 Å². The van der Waals surface area contributed by atoms with Gasteiger partial charge in [0.15, 0.2) is 0 Å². The fourth-order valence-electron chi connectivity index (χ4n) is 1.63. The van der Waals surface area contributed by atoms with Crippen LogP contribution in [0.15, 0.2) is 29.0 Å². The molecule has 0 aliphatic heterocycles. The molecule has 1 aromatic heterocycles. The third kappa shape index (κ3) is 3.06. The van der Waals surface area contributed by atoms with Gasteiger partial charge in [0.25, 0.3) is 0 Å². The van der Waals surface area contributed by atoms with Gasteiger partial charge in [-0.15, -0.1) is 0 Å². The first-order valence-electron chi connectivity index (χ1n) is 5.17. The first-order valence-corrected chi connectivity index (χ1v) is 6.34. The van der Waals surface area contributed by atoms with E-state index < -0.39 is 0 Å². The Morgan fingerprint density at radius 1 is 1.53 bits per heavy atom. The number of hydrogen-bond acceptors (Lipinski definition) is 3. The lowest BCUT2D eigenvalue weighted by molar-refractivity contribution is 0.560.